The number of rotatable bonds is 5. The molecule has 0 aliphatic carbocycles. The van der Waals surface area contributed by atoms with Gasteiger partial charge in [0.1, 0.15) is 5.75 Å². The highest BCUT2D eigenvalue weighted by Crippen LogP contribution is 2.18. The highest BCUT2D eigenvalue weighted by atomic mass is 35.5. The van der Waals surface area contributed by atoms with Gasteiger partial charge in [-0.3, -0.25) is 4.79 Å². The van der Waals surface area contributed by atoms with Crippen LogP contribution >= 0.6 is 11.6 Å². The molecular weight excluding hydrogens is 376 g/mol. The number of carbonyl (C=O) groups is 2. The first-order chi connectivity index (χ1) is 13.5. The zero-order valence-electron chi connectivity index (χ0n) is 15.1. The van der Waals surface area contributed by atoms with Gasteiger partial charge in [0.25, 0.3) is 5.91 Å². The topological polar surface area (TPSA) is 67.8 Å². The molecule has 0 radical (unpaired) electrons. The summed E-state index contributed by atoms with van der Waals surface area (Å²) >= 11 is 5.83. The van der Waals surface area contributed by atoms with Crippen LogP contribution in [-0.4, -0.2) is 18.1 Å². The van der Waals surface area contributed by atoms with Crippen molar-refractivity contribution in [2.24, 2.45) is 5.10 Å². The number of amides is 1. The van der Waals surface area contributed by atoms with Crippen LogP contribution in [0.2, 0.25) is 5.02 Å². The molecule has 5 nitrogen and oxygen atoms in total. The van der Waals surface area contributed by atoms with Gasteiger partial charge in [-0.25, -0.2) is 10.2 Å². The third kappa shape index (κ3) is 5.05. The van der Waals surface area contributed by atoms with Gasteiger partial charge in [-0.2, -0.15) is 5.10 Å². The number of ether oxygens (including phenoxy) is 1. The van der Waals surface area contributed by atoms with Crippen LogP contribution in [0.4, 0.5) is 0 Å². The minimum atomic E-state index is -0.513. The van der Waals surface area contributed by atoms with E-state index in [0.29, 0.717) is 27.5 Å². The van der Waals surface area contributed by atoms with Crippen LogP contribution in [0.25, 0.3) is 0 Å². The second-order valence-corrected chi connectivity index (χ2v) is 6.44. The zero-order chi connectivity index (χ0) is 19.9. The summed E-state index contributed by atoms with van der Waals surface area (Å²) in [5.74, 6) is -0.510. The van der Waals surface area contributed by atoms with Crippen molar-refractivity contribution in [3.63, 3.8) is 0 Å². The molecule has 140 valence electrons. The number of halogens is 1. The van der Waals surface area contributed by atoms with E-state index in [1.54, 1.807) is 60.7 Å². The lowest BCUT2D eigenvalue weighted by Crippen LogP contribution is -2.17. The van der Waals surface area contributed by atoms with Gasteiger partial charge in [0.05, 0.1) is 11.8 Å². The minimum absolute atomic E-state index is 0.327. The monoisotopic (exact) mass is 392 g/mol. The van der Waals surface area contributed by atoms with Crippen LogP contribution < -0.4 is 10.2 Å². The summed E-state index contributed by atoms with van der Waals surface area (Å²) in [4.78, 5) is 24.4. The van der Waals surface area contributed by atoms with Gasteiger partial charge in [-0.15, -0.1) is 0 Å². The molecule has 0 spiro atoms. The second kappa shape index (κ2) is 8.97. The molecule has 0 aliphatic rings. The number of para-hydroxylation sites is 1. The molecule has 0 bridgehead atoms. The summed E-state index contributed by atoms with van der Waals surface area (Å²) in [5.41, 5.74) is 4.96. The molecule has 0 aromatic heterocycles. The van der Waals surface area contributed by atoms with Gasteiger partial charge in [0.2, 0.25) is 0 Å². The Morgan fingerprint density at radius 2 is 1.57 bits per heavy atom. The summed E-state index contributed by atoms with van der Waals surface area (Å²) in [6.45, 7) is 1.95. The smallest absolute Gasteiger partial charge is 0.343 e. The number of benzene rings is 3. The molecule has 6 heteroatoms. The highest BCUT2D eigenvalue weighted by Gasteiger charge is 2.11. The fourth-order valence-electron chi connectivity index (χ4n) is 2.35. The number of nitrogens with one attached hydrogen (secondary N) is 1. The van der Waals surface area contributed by atoms with Crippen LogP contribution in [0.1, 0.15) is 31.8 Å². The van der Waals surface area contributed by atoms with Gasteiger partial charge >= 0.3 is 5.97 Å². The maximum Gasteiger partial charge on any atom is 0.343 e. The quantitative estimate of drug-likeness (QED) is 0.298. The number of nitrogens with zero attached hydrogens (tertiary/aromatic N) is 1. The lowest BCUT2D eigenvalue weighted by molar-refractivity contribution is 0.0734. The van der Waals surface area contributed by atoms with E-state index in [9.17, 15) is 9.59 Å². The van der Waals surface area contributed by atoms with E-state index in [1.165, 1.54) is 6.21 Å². The van der Waals surface area contributed by atoms with E-state index in [1.807, 2.05) is 19.1 Å². The van der Waals surface area contributed by atoms with Crippen molar-refractivity contribution in [1.82, 2.24) is 5.43 Å². The maximum absolute atomic E-state index is 12.3. The standard InChI is InChI=1S/C22H17ClN2O3/c1-15-6-8-16(9-7-15)21(26)25-24-14-18-4-2-3-5-20(18)28-22(27)17-10-12-19(23)13-11-17/h2-14H,1H3,(H,25,26)/b24-14+. The number of aryl methyl sites for hydroxylation is 1. The molecule has 0 saturated heterocycles. The predicted octanol–water partition coefficient (Wildman–Crippen LogP) is 4.63. The van der Waals surface area contributed by atoms with Crippen molar-refractivity contribution in [2.45, 2.75) is 6.92 Å². The molecule has 3 rings (SSSR count). The van der Waals surface area contributed by atoms with E-state index >= 15 is 0 Å². The minimum Gasteiger partial charge on any atom is -0.422 e. The maximum atomic E-state index is 12.3. The zero-order valence-corrected chi connectivity index (χ0v) is 15.8. The summed E-state index contributed by atoms with van der Waals surface area (Å²) in [6.07, 6.45) is 1.43. The Labute approximate surface area is 167 Å². The Hall–Kier alpha value is -3.44. The van der Waals surface area contributed by atoms with Crippen LogP contribution in [0, 0.1) is 6.92 Å². The summed E-state index contributed by atoms with van der Waals surface area (Å²) in [6, 6.07) is 20.5. The van der Waals surface area contributed by atoms with Crippen LogP contribution in [0.3, 0.4) is 0 Å². The van der Waals surface area contributed by atoms with Crippen molar-refractivity contribution in [2.75, 3.05) is 0 Å². The summed E-state index contributed by atoms with van der Waals surface area (Å²) in [5, 5.41) is 4.49. The Morgan fingerprint density at radius 3 is 2.29 bits per heavy atom. The van der Waals surface area contributed by atoms with E-state index < -0.39 is 5.97 Å². The van der Waals surface area contributed by atoms with Gasteiger partial charge in [-0.05, 0) is 55.5 Å². The Kier molecular flexibility index (Phi) is 6.19. The second-order valence-electron chi connectivity index (χ2n) is 6.00. The molecule has 0 fully saturated rings. The Balaban J connectivity index is 1.68. The van der Waals surface area contributed by atoms with Crippen molar-refractivity contribution in [3.8, 4) is 5.75 Å². The molecule has 0 atom stereocenters. The van der Waals surface area contributed by atoms with Gasteiger partial charge in [-0.1, -0.05) is 41.4 Å². The van der Waals surface area contributed by atoms with Crippen LogP contribution in [0.5, 0.6) is 5.75 Å². The first kappa shape index (κ1) is 19.3. The highest BCUT2D eigenvalue weighted by molar-refractivity contribution is 6.30. The van der Waals surface area contributed by atoms with Gasteiger partial charge < -0.3 is 4.74 Å². The van der Waals surface area contributed by atoms with Gasteiger partial charge in [0, 0.05) is 16.1 Å². The third-order valence-corrected chi connectivity index (χ3v) is 4.14. The lowest BCUT2D eigenvalue weighted by Gasteiger charge is -2.07. The van der Waals surface area contributed by atoms with E-state index in [0.717, 1.165) is 5.56 Å². The fraction of sp³-hybridized carbons (Fsp3) is 0.0455. The number of hydrogen-bond donors (Lipinski definition) is 1. The predicted molar refractivity (Wildman–Crippen MR) is 109 cm³/mol. The molecular formula is C22H17ClN2O3. The average Bonchev–Trinajstić information content (AvgIpc) is 2.70. The van der Waals surface area contributed by atoms with Crippen molar-refractivity contribution in [1.29, 1.82) is 0 Å². The first-order valence-corrected chi connectivity index (χ1v) is 8.87. The van der Waals surface area contributed by atoms with Crippen molar-refractivity contribution in [3.05, 3.63) is 100 Å². The van der Waals surface area contributed by atoms with Crippen molar-refractivity contribution >= 4 is 29.7 Å². The largest absolute Gasteiger partial charge is 0.422 e. The molecule has 3 aromatic carbocycles. The number of carbonyl (C=O) groups excluding carboxylic acids is 2. The lowest BCUT2D eigenvalue weighted by atomic mass is 10.1. The summed E-state index contributed by atoms with van der Waals surface area (Å²) in [7, 11) is 0. The Morgan fingerprint density at radius 1 is 0.929 bits per heavy atom. The molecule has 1 amide bonds. The molecule has 1 N–H and O–H groups in total. The van der Waals surface area contributed by atoms with Gasteiger partial charge in [0.15, 0.2) is 0 Å². The SMILES string of the molecule is Cc1ccc(C(=O)N/N=C/c2ccccc2OC(=O)c2ccc(Cl)cc2)cc1. The first-order valence-electron chi connectivity index (χ1n) is 8.50. The molecule has 0 saturated carbocycles. The normalized spacial score (nSPS) is 10.6. The van der Waals surface area contributed by atoms with Crippen molar-refractivity contribution < 1.29 is 14.3 Å². The number of hydrogen-bond acceptors (Lipinski definition) is 4. The molecule has 0 heterocycles. The molecule has 28 heavy (non-hydrogen) atoms. The molecule has 0 unspecified atom stereocenters. The van der Waals surface area contributed by atoms with E-state index in [2.05, 4.69) is 10.5 Å². The number of esters is 1. The molecule has 0 aliphatic heterocycles. The Bertz CT molecular complexity index is 1010. The third-order valence-electron chi connectivity index (χ3n) is 3.89. The number of hydrazone groups is 1. The van der Waals surface area contributed by atoms with E-state index in [-0.39, 0.29) is 5.91 Å². The average molecular weight is 393 g/mol. The summed E-state index contributed by atoms with van der Waals surface area (Å²) < 4.78 is 5.44. The van der Waals surface area contributed by atoms with Crippen LogP contribution in [-0.2, 0) is 0 Å². The molecule has 3 aromatic rings. The van der Waals surface area contributed by atoms with E-state index in [4.69, 9.17) is 16.3 Å². The fourth-order valence-corrected chi connectivity index (χ4v) is 2.48. The van der Waals surface area contributed by atoms with Crippen LogP contribution in [0.15, 0.2) is 77.9 Å².